The molecule has 15 heavy (non-hydrogen) atoms. The summed E-state index contributed by atoms with van der Waals surface area (Å²) in [5.41, 5.74) is 8.62. The quantitative estimate of drug-likeness (QED) is 0.760. The van der Waals surface area contributed by atoms with Gasteiger partial charge < -0.3 is 10.7 Å². The summed E-state index contributed by atoms with van der Waals surface area (Å²) < 4.78 is 0. The largest absolute Gasteiger partial charge is 0.345 e. The zero-order valence-electron chi connectivity index (χ0n) is 8.88. The number of aromatic amines is 1. The molecule has 0 fully saturated rings. The van der Waals surface area contributed by atoms with Gasteiger partial charge in [0.2, 0.25) is 0 Å². The van der Waals surface area contributed by atoms with E-state index in [1.54, 1.807) is 0 Å². The van der Waals surface area contributed by atoms with Crippen molar-refractivity contribution in [1.82, 2.24) is 9.97 Å². The summed E-state index contributed by atoms with van der Waals surface area (Å²) in [5, 5.41) is 0. The molecule has 1 heterocycles. The lowest BCUT2D eigenvalue weighted by molar-refractivity contribution is 0.640. The zero-order valence-corrected chi connectivity index (χ0v) is 8.88. The van der Waals surface area contributed by atoms with E-state index in [1.807, 2.05) is 0 Å². The second-order valence-corrected chi connectivity index (χ2v) is 4.05. The van der Waals surface area contributed by atoms with Gasteiger partial charge in [-0.3, -0.25) is 0 Å². The maximum absolute atomic E-state index is 11.3. The number of H-pyrrole nitrogens is 1. The van der Waals surface area contributed by atoms with Crippen molar-refractivity contribution >= 4 is 0 Å². The topological polar surface area (TPSA) is 71.8 Å². The van der Waals surface area contributed by atoms with Crippen molar-refractivity contribution in [3.05, 3.63) is 27.4 Å². The van der Waals surface area contributed by atoms with Crippen LogP contribution in [0.1, 0.15) is 36.2 Å². The van der Waals surface area contributed by atoms with Crippen LogP contribution in [0, 0.1) is 0 Å². The molecule has 0 bridgehead atoms. The molecule has 1 aliphatic carbocycles. The average Bonchev–Trinajstić information content (AvgIpc) is 2.25. The van der Waals surface area contributed by atoms with E-state index in [1.165, 1.54) is 18.4 Å². The summed E-state index contributed by atoms with van der Waals surface area (Å²) in [5.74, 6) is 0. The van der Waals surface area contributed by atoms with Gasteiger partial charge in [0, 0.05) is 5.69 Å². The molecule has 0 saturated carbocycles. The molecule has 0 amide bonds. The van der Waals surface area contributed by atoms with Gasteiger partial charge in [-0.2, -0.15) is 4.98 Å². The Bertz CT molecular complexity index is 397. The zero-order chi connectivity index (χ0) is 10.7. The third-order valence-corrected chi connectivity index (χ3v) is 2.93. The fourth-order valence-corrected chi connectivity index (χ4v) is 2.19. The lowest BCUT2D eigenvalue weighted by atomic mass is 9.93. The third kappa shape index (κ3) is 2.26. The Kier molecular flexibility index (Phi) is 3.16. The molecule has 82 valence electrons. The minimum absolute atomic E-state index is 0.206. The van der Waals surface area contributed by atoms with Crippen LogP contribution in [0.5, 0.6) is 0 Å². The third-order valence-electron chi connectivity index (χ3n) is 2.93. The molecule has 0 aliphatic heterocycles. The van der Waals surface area contributed by atoms with Crippen LogP contribution in [0.3, 0.4) is 0 Å². The molecule has 3 N–H and O–H groups in total. The van der Waals surface area contributed by atoms with Crippen molar-refractivity contribution in [1.29, 1.82) is 0 Å². The smallest absolute Gasteiger partial charge is 0.330 e. The van der Waals surface area contributed by atoms with Gasteiger partial charge in [0.15, 0.2) is 0 Å². The summed E-state index contributed by atoms with van der Waals surface area (Å²) >= 11 is 0. The van der Waals surface area contributed by atoms with Crippen LogP contribution >= 0.6 is 0 Å². The predicted octanol–water partition coefficient (Wildman–Crippen LogP) is 0.540. The summed E-state index contributed by atoms with van der Waals surface area (Å²) in [6.45, 7) is 0.656. The number of hydrogen-bond acceptors (Lipinski definition) is 3. The van der Waals surface area contributed by atoms with Crippen LogP contribution in [0.25, 0.3) is 0 Å². The fourth-order valence-electron chi connectivity index (χ4n) is 2.19. The Labute approximate surface area is 88.9 Å². The van der Waals surface area contributed by atoms with E-state index in [4.69, 9.17) is 5.73 Å². The van der Waals surface area contributed by atoms with Crippen molar-refractivity contribution in [3.8, 4) is 0 Å². The number of rotatable bonds is 3. The highest BCUT2D eigenvalue weighted by atomic mass is 16.1. The maximum Gasteiger partial charge on any atom is 0.345 e. The van der Waals surface area contributed by atoms with E-state index >= 15 is 0 Å². The van der Waals surface area contributed by atoms with Crippen molar-refractivity contribution in [2.75, 3.05) is 6.54 Å². The van der Waals surface area contributed by atoms with Gasteiger partial charge in [0.1, 0.15) is 0 Å². The SMILES string of the molecule is NCCCc1nc(=O)[nH]c2c1CCCC2. The van der Waals surface area contributed by atoms with Crippen molar-refractivity contribution < 1.29 is 0 Å². The molecule has 0 spiro atoms. The Balaban J connectivity index is 2.34. The molecule has 0 saturated heterocycles. The van der Waals surface area contributed by atoms with Gasteiger partial charge in [-0.05, 0) is 50.6 Å². The van der Waals surface area contributed by atoms with E-state index in [0.717, 1.165) is 37.1 Å². The maximum atomic E-state index is 11.3. The van der Waals surface area contributed by atoms with Gasteiger partial charge >= 0.3 is 5.69 Å². The molecule has 0 atom stereocenters. The minimum Gasteiger partial charge on any atom is -0.330 e. The molecule has 0 unspecified atom stereocenters. The van der Waals surface area contributed by atoms with Crippen molar-refractivity contribution in [2.24, 2.45) is 5.73 Å². The molecule has 1 aromatic heterocycles. The number of nitrogens with two attached hydrogens (primary N) is 1. The molecule has 4 heteroatoms. The predicted molar refractivity (Wildman–Crippen MR) is 58.9 cm³/mol. The van der Waals surface area contributed by atoms with E-state index in [-0.39, 0.29) is 5.69 Å². The van der Waals surface area contributed by atoms with Crippen LogP contribution in [0.2, 0.25) is 0 Å². The highest BCUT2D eigenvalue weighted by molar-refractivity contribution is 5.27. The van der Waals surface area contributed by atoms with Crippen LogP contribution < -0.4 is 11.4 Å². The molecular formula is C11H17N3O. The van der Waals surface area contributed by atoms with E-state index in [0.29, 0.717) is 6.54 Å². The fraction of sp³-hybridized carbons (Fsp3) is 0.636. The summed E-state index contributed by atoms with van der Waals surface area (Å²) in [7, 11) is 0. The molecule has 0 radical (unpaired) electrons. The van der Waals surface area contributed by atoms with Crippen molar-refractivity contribution in [3.63, 3.8) is 0 Å². The average molecular weight is 207 g/mol. The molecular weight excluding hydrogens is 190 g/mol. The molecule has 0 aromatic carbocycles. The summed E-state index contributed by atoms with van der Waals surface area (Å²) in [6, 6.07) is 0. The normalized spacial score (nSPS) is 15.0. The van der Waals surface area contributed by atoms with Gasteiger partial charge in [0.25, 0.3) is 0 Å². The Morgan fingerprint density at radius 3 is 2.93 bits per heavy atom. The lowest BCUT2D eigenvalue weighted by Crippen LogP contribution is -2.22. The first-order chi connectivity index (χ1) is 7.31. The van der Waals surface area contributed by atoms with Crippen LogP contribution in [0.4, 0.5) is 0 Å². The Morgan fingerprint density at radius 1 is 1.33 bits per heavy atom. The highest BCUT2D eigenvalue weighted by Gasteiger charge is 2.15. The van der Waals surface area contributed by atoms with Gasteiger partial charge in [0.05, 0.1) is 5.69 Å². The second-order valence-electron chi connectivity index (χ2n) is 4.05. The lowest BCUT2D eigenvalue weighted by Gasteiger charge is -2.17. The van der Waals surface area contributed by atoms with E-state index in [2.05, 4.69) is 9.97 Å². The number of aromatic nitrogens is 2. The Morgan fingerprint density at radius 2 is 2.13 bits per heavy atom. The Hall–Kier alpha value is -1.16. The van der Waals surface area contributed by atoms with Crippen molar-refractivity contribution in [2.45, 2.75) is 38.5 Å². The van der Waals surface area contributed by atoms with Crippen LogP contribution in [-0.2, 0) is 19.3 Å². The number of fused-ring (bicyclic) bond motifs is 1. The van der Waals surface area contributed by atoms with Gasteiger partial charge in [-0.1, -0.05) is 0 Å². The van der Waals surface area contributed by atoms with Crippen LogP contribution in [-0.4, -0.2) is 16.5 Å². The highest BCUT2D eigenvalue weighted by Crippen LogP contribution is 2.20. The molecule has 2 rings (SSSR count). The number of nitrogens with zero attached hydrogens (tertiary/aromatic N) is 1. The van der Waals surface area contributed by atoms with Gasteiger partial charge in [-0.15, -0.1) is 0 Å². The number of aryl methyl sites for hydroxylation is 2. The van der Waals surface area contributed by atoms with E-state index in [9.17, 15) is 4.79 Å². The summed E-state index contributed by atoms with van der Waals surface area (Å²) in [6.07, 6.45) is 6.16. The summed E-state index contributed by atoms with van der Waals surface area (Å²) in [4.78, 5) is 18.2. The minimum atomic E-state index is -0.206. The first-order valence-corrected chi connectivity index (χ1v) is 5.62. The van der Waals surface area contributed by atoms with Crippen LogP contribution in [0.15, 0.2) is 4.79 Å². The monoisotopic (exact) mass is 207 g/mol. The second kappa shape index (κ2) is 4.57. The van der Waals surface area contributed by atoms with E-state index < -0.39 is 0 Å². The molecule has 1 aromatic rings. The number of hydrogen-bond donors (Lipinski definition) is 2. The first kappa shape index (κ1) is 10.4. The molecule has 1 aliphatic rings. The van der Waals surface area contributed by atoms with Gasteiger partial charge in [-0.25, -0.2) is 4.79 Å². The standard InChI is InChI=1S/C11H17N3O/c12-7-3-6-10-8-4-1-2-5-9(8)13-11(15)14-10/h1-7,12H2,(H,13,14,15). The first-order valence-electron chi connectivity index (χ1n) is 5.62. The molecule has 4 nitrogen and oxygen atoms in total. The number of nitrogens with one attached hydrogen (secondary N) is 1.